The molecule has 0 spiro atoms. The van der Waals surface area contributed by atoms with E-state index in [1.807, 2.05) is 24.3 Å². The summed E-state index contributed by atoms with van der Waals surface area (Å²) in [6.45, 7) is 6.39. The van der Waals surface area contributed by atoms with Crippen LogP contribution in [0.1, 0.15) is 115 Å². The van der Waals surface area contributed by atoms with Gasteiger partial charge in [-0.2, -0.15) is 5.10 Å². The van der Waals surface area contributed by atoms with E-state index in [0.29, 0.717) is 13.0 Å². The van der Waals surface area contributed by atoms with Gasteiger partial charge in [0.15, 0.2) is 0 Å². The van der Waals surface area contributed by atoms with E-state index < -0.39 is 0 Å². The fourth-order valence-corrected chi connectivity index (χ4v) is 3.70. The smallest absolute Gasteiger partial charge is 0.240 e. The molecule has 1 rings (SSSR count). The Morgan fingerprint density at radius 1 is 0.844 bits per heavy atom. The number of hydrazone groups is 1. The third kappa shape index (κ3) is 16.6. The van der Waals surface area contributed by atoms with E-state index in [4.69, 9.17) is 4.74 Å². The van der Waals surface area contributed by atoms with Gasteiger partial charge in [-0.05, 0) is 36.2 Å². The zero-order valence-corrected chi connectivity index (χ0v) is 20.5. The molecule has 4 heteroatoms. The molecule has 180 valence electrons. The fraction of sp³-hybridized carbons (Fsp3) is 0.643. The SMILES string of the molecule is C=CCOc1ccc(/C=N\NC(=O)CCCCCCCCCCCCCCCCC)cc1. The Hall–Kier alpha value is -2.10. The minimum Gasteiger partial charge on any atom is -0.490 e. The lowest BCUT2D eigenvalue weighted by molar-refractivity contribution is -0.121. The molecule has 1 N–H and O–H groups in total. The minimum absolute atomic E-state index is 0.0121. The lowest BCUT2D eigenvalue weighted by Gasteiger charge is -2.04. The number of rotatable bonds is 21. The Labute approximate surface area is 196 Å². The molecule has 0 fully saturated rings. The highest BCUT2D eigenvalue weighted by atomic mass is 16.5. The Morgan fingerprint density at radius 3 is 1.84 bits per heavy atom. The molecule has 0 heterocycles. The van der Waals surface area contributed by atoms with Crippen LogP contribution < -0.4 is 10.2 Å². The molecule has 0 atom stereocenters. The second-order valence-corrected chi connectivity index (χ2v) is 8.66. The maximum atomic E-state index is 11.9. The topological polar surface area (TPSA) is 50.7 Å². The molecule has 4 nitrogen and oxygen atoms in total. The number of nitrogens with zero attached hydrogens (tertiary/aromatic N) is 1. The first kappa shape index (κ1) is 27.9. The van der Waals surface area contributed by atoms with Gasteiger partial charge in [-0.25, -0.2) is 5.43 Å². The first-order valence-corrected chi connectivity index (χ1v) is 12.9. The van der Waals surface area contributed by atoms with E-state index >= 15 is 0 Å². The molecule has 1 amide bonds. The summed E-state index contributed by atoms with van der Waals surface area (Å²) in [4.78, 5) is 11.9. The molecule has 0 aromatic heterocycles. The van der Waals surface area contributed by atoms with Gasteiger partial charge in [0.05, 0.1) is 6.21 Å². The van der Waals surface area contributed by atoms with E-state index in [-0.39, 0.29) is 5.91 Å². The Bertz CT molecular complexity index is 610. The quantitative estimate of drug-likeness (QED) is 0.0908. The summed E-state index contributed by atoms with van der Waals surface area (Å²) in [5, 5.41) is 4.04. The van der Waals surface area contributed by atoms with Gasteiger partial charge in [0, 0.05) is 6.42 Å². The van der Waals surface area contributed by atoms with Crippen molar-refractivity contribution in [1.82, 2.24) is 5.43 Å². The summed E-state index contributed by atoms with van der Waals surface area (Å²) in [7, 11) is 0. The number of carbonyl (C=O) groups is 1. The average molecular weight is 443 g/mol. The van der Waals surface area contributed by atoms with Crippen molar-refractivity contribution in [2.75, 3.05) is 6.61 Å². The van der Waals surface area contributed by atoms with Crippen LogP contribution in [-0.4, -0.2) is 18.7 Å². The third-order valence-corrected chi connectivity index (χ3v) is 5.66. The highest BCUT2D eigenvalue weighted by molar-refractivity contribution is 5.82. The Morgan fingerprint density at radius 2 is 1.34 bits per heavy atom. The normalized spacial score (nSPS) is 11.0. The highest BCUT2D eigenvalue weighted by Crippen LogP contribution is 2.14. The molecule has 0 unspecified atom stereocenters. The molecule has 0 bridgehead atoms. The van der Waals surface area contributed by atoms with Crippen LogP contribution in [0.3, 0.4) is 0 Å². The van der Waals surface area contributed by atoms with E-state index in [2.05, 4.69) is 24.0 Å². The van der Waals surface area contributed by atoms with Crippen LogP contribution in [0.15, 0.2) is 42.0 Å². The van der Waals surface area contributed by atoms with Gasteiger partial charge in [-0.3, -0.25) is 4.79 Å². The molecular weight excluding hydrogens is 396 g/mol. The number of amides is 1. The number of hydrogen-bond donors (Lipinski definition) is 1. The number of benzene rings is 1. The average Bonchev–Trinajstić information content (AvgIpc) is 2.81. The van der Waals surface area contributed by atoms with Crippen LogP contribution in [0.5, 0.6) is 5.75 Å². The number of ether oxygens (including phenoxy) is 1. The second-order valence-electron chi connectivity index (χ2n) is 8.66. The molecular formula is C28H46N2O2. The van der Waals surface area contributed by atoms with Gasteiger partial charge in [0.25, 0.3) is 0 Å². The summed E-state index contributed by atoms with van der Waals surface area (Å²) < 4.78 is 5.44. The fourth-order valence-electron chi connectivity index (χ4n) is 3.70. The van der Waals surface area contributed by atoms with Crippen molar-refractivity contribution >= 4 is 12.1 Å². The first-order valence-electron chi connectivity index (χ1n) is 12.9. The maximum Gasteiger partial charge on any atom is 0.240 e. The molecule has 1 aromatic rings. The minimum atomic E-state index is -0.0121. The van der Waals surface area contributed by atoms with Crippen LogP contribution in [0.25, 0.3) is 0 Å². The van der Waals surface area contributed by atoms with Gasteiger partial charge >= 0.3 is 0 Å². The van der Waals surface area contributed by atoms with Gasteiger partial charge in [0.2, 0.25) is 5.91 Å². The highest BCUT2D eigenvalue weighted by Gasteiger charge is 2.00. The number of nitrogens with one attached hydrogen (secondary N) is 1. The van der Waals surface area contributed by atoms with Crippen molar-refractivity contribution in [3.63, 3.8) is 0 Å². The zero-order chi connectivity index (χ0) is 23.1. The van der Waals surface area contributed by atoms with Crippen molar-refractivity contribution in [3.8, 4) is 5.75 Å². The summed E-state index contributed by atoms with van der Waals surface area (Å²) in [6.07, 6.45) is 23.9. The second kappa shape index (κ2) is 20.8. The van der Waals surface area contributed by atoms with Gasteiger partial charge < -0.3 is 4.74 Å². The van der Waals surface area contributed by atoms with Crippen molar-refractivity contribution in [2.45, 2.75) is 110 Å². The van der Waals surface area contributed by atoms with Crippen LogP contribution in [0, 0.1) is 0 Å². The van der Waals surface area contributed by atoms with Gasteiger partial charge in [-0.1, -0.05) is 109 Å². The molecule has 0 saturated carbocycles. The van der Waals surface area contributed by atoms with E-state index in [9.17, 15) is 4.79 Å². The predicted molar refractivity (Wildman–Crippen MR) is 137 cm³/mol. The molecule has 0 aliphatic heterocycles. The predicted octanol–water partition coefficient (Wildman–Crippen LogP) is 7.96. The number of hydrogen-bond acceptors (Lipinski definition) is 3. The standard InChI is InChI=1S/C28H46N2O2/c1-3-5-6-7-8-9-10-11-12-13-14-15-16-17-18-19-28(31)30-29-25-26-20-22-27(23-21-26)32-24-4-2/h4,20-23,25H,2-3,5-19,24H2,1H3,(H,30,31)/b29-25-. The largest absolute Gasteiger partial charge is 0.490 e. The van der Waals surface area contributed by atoms with Crippen molar-refractivity contribution in [2.24, 2.45) is 5.10 Å². The van der Waals surface area contributed by atoms with Crippen LogP contribution in [-0.2, 0) is 4.79 Å². The lowest BCUT2D eigenvalue weighted by Crippen LogP contribution is -2.16. The van der Waals surface area contributed by atoms with Crippen LogP contribution in [0.4, 0.5) is 0 Å². The molecule has 0 aliphatic carbocycles. The van der Waals surface area contributed by atoms with Gasteiger partial charge in [-0.15, -0.1) is 0 Å². The van der Waals surface area contributed by atoms with Gasteiger partial charge in [0.1, 0.15) is 12.4 Å². The summed E-state index contributed by atoms with van der Waals surface area (Å²) in [5.41, 5.74) is 3.54. The van der Waals surface area contributed by atoms with Crippen molar-refractivity contribution in [3.05, 3.63) is 42.5 Å². The van der Waals surface area contributed by atoms with E-state index in [1.54, 1.807) is 12.3 Å². The van der Waals surface area contributed by atoms with Crippen molar-refractivity contribution < 1.29 is 9.53 Å². The lowest BCUT2D eigenvalue weighted by atomic mass is 10.0. The molecule has 0 saturated heterocycles. The Kier molecular flexibility index (Phi) is 18.1. The van der Waals surface area contributed by atoms with E-state index in [0.717, 1.165) is 24.2 Å². The molecule has 0 aliphatic rings. The Balaban J connectivity index is 1.90. The summed E-state index contributed by atoms with van der Waals surface area (Å²) in [6, 6.07) is 7.57. The number of carbonyl (C=O) groups excluding carboxylic acids is 1. The first-order chi connectivity index (χ1) is 15.8. The van der Waals surface area contributed by atoms with Crippen molar-refractivity contribution in [1.29, 1.82) is 0 Å². The zero-order valence-electron chi connectivity index (χ0n) is 20.5. The third-order valence-electron chi connectivity index (χ3n) is 5.66. The molecule has 0 radical (unpaired) electrons. The summed E-state index contributed by atoms with van der Waals surface area (Å²) in [5.74, 6) is 0.779. The maximum absolute atomic E-state index is 11.9. The molecule has 1 aromatic carbocycles. The van der Waals surface area contributed by atoms with Crippen LogP contribution >= 0.6 is 0 Å². The monoisotopic (exact) mass is 442 g/mol. The van der Waals surface area contributed by atoms with E-state index in [1.165, 1.54) is 83.5 Å². The number of unbranched alkanes of at least 4 members (excludes halogenated alkanes) is 14. The van der Waals surface area contributed by atoms with Crippen LogP contribution in [0.2, 0.25) is 0 Å². The summed E-state index contributed by atoms with van der Waals surface area (Å²) >= 11 is 0. The molecule has 32 heavy (non-hydrogen) atoms.